The van der Waals surface area contributed by atoms with Crippen LogP contribution in [0.2, 0.25) is 0 Å². The minimum absolute atomic E-state index is 0.243. The quantitative estimate of drug-likeness (QED) is 0.203. The highest BCUT2D eigenvalue weighted by atomic mass is 16.6. The van der Waals surface area contributed by atoms with Crippen molar-refractivity contribution in [3.05, 3.63) is 0 Å². The molecule has 0 aromatic carbocycles. The highest BCUT2D eigenvalue weighted by molar-refractivity contribution is 5.88. The molecule has 3 aliphatic heterocycles. The van der Waals surface area contributed by atoms with Crippen LogP contribution >= 0.6 is 0 Å². The summed E-state index contributed by atoms with van der Waals surface area (Å²) in [6.45, 7) is 12.4. The molecule has 0 bridgehead atoms. The number of likely N-dealkylation sites (N-methyl/N-ethyl adjacent to an activating group) is 1. The van der Waals surface area contributed by atoms with Crippen molar-refractivity contribution >= 4 is 29.7 Å². The predicted octanol–water partition coefficient (Wildman–Crippen LogP) is -0.0318. The number of carbonyl (C=O) groups is 5. The lowest BCUT2D eigenvalue weighted by molar-refractivity contribution is -0.273. The number of aliphatic hydroxyl groups is 3. The summed E-state index contributed by atoms with van der Waals surface area (Å²) in [5.74, 6) is -8.93. The first kappa shape index (κ1) is 33.5. The van der Waals surface area contributed by atoms with Crippen LogP contribution in [0, 0.1) is 57.7 Å². The molecule has 5 saturated carbocycles. The zero-order valence-corrected chi connectivity index (χ0v) is 29.2. The molecule has 0 aromatic heterocycles. The van der Waals surface area contributed by atoms with Gasteiger partial charge in [0.1, 0.15) is 30.5 Å². The smallest absolute Gasteiger partial charge is 0.340 e. The lowest BCUT2D eigenvalue weighted by Gasteiger charge is -2.65. The Hall–Kier alpha value is -2.65. The van der Waals surface area contributed by atoms with E-state index in [1.807, 2.05) is 18.7 Å². The molecule has 3 saturated heterocycles. The molecule has 0 amide bonds. The molecule has 8 aliphatic rings. The third kappa shape index (κ3) is 3.49. The van der Waals surface area contributed by atoms with E-state index in [1.165, 1.54) is 27.7 Å². The van der Waals surface area contributed by atoms with Crippen LogP contribution < -0.4 is 0 Å². The summed E-state index contributed by atoms with van der Waals surface area (Å²) >= 11 is 0. The Morgan fingerprint density at radius 2 is 1.45 bits per heavy atom. The van der Waals surface area contributed by atoms with E-state index in [9.17, 15) is 39.3 Å². The van der Waals surface area contributed by atoms with E-state index in [0.717, 1.165) is 0 Å². The van der Waals surface area contributed by atoms with Gasteiger partial charge in [0, 0.05) is 61.2 Å². The molecule has 14 nitrogen and oxygen atoms in total. The maximum atomic E-state index is 14.4. The summed E-state index contributed by atoms with van der Waals surface area (Å²) in [5.41, 5.74) is -7.22. The van der Waals surface area contributed by atoms with Crippen LogP contribution in [-0.2, 0) is 47.7 Å². The fraction of sp³-hybridized carbons (Fsp3) is 0.857. The third-order valence-electron chi connectivity index (χ3n) is 15.4. The van der Waals surface area contributed by atoms with Gasteiger partial charge in [-0.15, -0.1) is 0 Å². The summed E-state index contributed by atoms with van der Waals surface area (Å²) in [6, 6.07) is -0.377. The zero-order chi connectivity index (χ0) is 35.9. The van der Waals surface area contributed by atoms with E-state index in [2.05, 4.69) is 0 Å². The Balaban J connectivity index is 1.39. The topological polar surface area (TPSA) is 198 Å². The van der Waals surface area contributed by atoms with Crippen molar-refractivity contribution in [3.8, 4) is 0 Å². The Labute approximate surface area is 284 Å². The molecule has 3 N–H and O–H groups in total. The summed E-state index contributed by atoms with van der Waals surface area (Å²) < 4.78 is 30.3. The average Bonchev–Trinajstić information content (AvgIpc) is 3.86. The lowest BCUT2D eigenvalue weighted by Crippen LogP contribution is -2.74. The van der Waals surface area contributed by atoms with Crippen molar-refractivity contribution in [1.29, 1.82) is 0 Å². The second-order valence-electron chi connectivity index (χ2n) is 17.1. The molecule has 14 heteroatoms. The molecule has 270 valence electrons. The molecule has 5 aliphatic carbocycles. The minimum atomic E-state index is -2.05. The van der Waals surface area contributed by atoms with Gasteiger partial charge in [-0.05, 0) is 32.2 Å². The molecule has 21 atom stereocenters. The molecular weight excluding hydrogens is 642 g/mol. The molecule has 0 radical (unpaired) electrons. The Bertz CT molecular complexity index is 1580. The Morgan fingerprint density at radius 1 is 0.857 bits per heavy atom. The van der Waals surface area contributed by atoms with Gasteiger partial charge in [0.2, 0.25) is 0 Å². The van der Waals surface area contributed by atoms with Gasteiger partial charge in [0.05, 0.1) is 23.7 Å². The monoisotopic (exact) mass is 689 g/mol. The van der Waals surface area contributed by atoms with Crippen LogP contribution in [0.25, 0.3) is 0 Å². The number of Topliss-reactive ketones (excluding diaryl/α,β-unsaturated/α-hetero) is 1. The van der Waals surface area contributed by atoms with Crippen molar-refractivity contribution < 1.29 is 63.0 Å². The summed E-state index contributed by atoms with van der Waals surface area (Å²) in [7, 11) is 1.81. The van der Waals surface area contributed by atoms with E-state index in [0.29, 0.717) is 0 Å². The fourth-order valence-electron chi connectivity index (χ4n) is 13.7. The number of nitrogens with zero attached hydrogens (tertiary/aromatic N) is 1. The first-order valence-electron chi connectivity index (χ1n) is 17.4. The van der Waals surface area contributed by atoms with Gasteiger partial charge in [-0.25, -0.2) is 4.79 Å². The summed E-state index contributed by atoms with van der Waals surface area (Å²) in [4.78, 5) is 68.5. The van der Waals surface area contributed by atoms with Gasteiger partial charge in [-0.2, -0.15) is 0 Å². The molecule has 0 aromatic rings. The lowest BCUT2D eigenvalue weighted by atomic mass is 9.41. The van der Waals surface area contributed by atoms with E-state index in [1.54, 1.807) is 20.9 Å². The minimum Gasteiger partial charge on any atom is -0.459 e. The fourth-order valence-corrected chi connectivity index (χ4v) is 13.7. The molecular formula is C35H47NO13. The van der Waals surface area contributed by atoms with Crippen LogP contribution in [0.5, 0.6) is 0 Å². The molecule has 8 rings (SSSR count). The van der Waals surface area contributed by atoms with Gasteiger partial charge in [0.15, 0.2) is 17.1 Å². The third-order valence-corrected chi connectivity index (χ3v) is 15.4. The SMILES string of the molecule is CC(=O)O[C@H]1C2C([C@@H]3[C@@H](O)[C@@H]4[C@H]([C@H](C)[C@H]5N(C)[C@]56OC(=O)[C@@](C)(O)[C@]46C)[C@@]3(C)[C@H]1OC(C)=O)[C@@H](O)C(=O)[C@H]1C[C@@H]3O[C@@H]3[C@H](OC(C)=O)[C@]21C. The first-order valence-corrected chi connectivity index (χ1v) is 17.4. The number of hydrogen-bond donors (Lipinski definition) is 3. The van der Waals surface area contributed by atoms with E-state index < -0.39 is 129 Å². The van der Waals surface area contributed by atoms with Gasteiger partial charge >= 0.3 is 23.9 Å². The van der Waals surface area contributed by atoms with E-state index >= 15 is 0 Å². The van der Waals surface area contributed by atoms with Gasteiger partial charge in [-0.3, -0.25) is 24.1 Å². The number of likely N-dealkylation sites (tertiary alicyclic amines) is 1. The molecule has 8 fully saturated rings. The number of hydrogen-bond acceptors (Lipinski definition) is 14. The van der Waals surface area contributed by atoms with Crippen molar-refractivity contribution in [1.82, 2.24) is 4.90 Å². The molecule has 1 spiro atoms. The number of ketones is 1. The largest absolute Gasteiger partial charge is 0.459 e. The van der Waals surface area contributed by atoms with Crippen molar-refractivity contribution in [2.75, 3.05) is 7.05 Å². The number of ether oxygens (including phenoxy) is 5. The molecule has 3 heterocycles. The van der Waals surface area contributed by atoms with E-state index in [4.69, 9.17) is 23.7 Å². The maximum absolute atomic E-state index is 14.4. The number of fused-ring (bicyclic) bond motifs is 9. The maximum Gasteiger partial charge on any atom is 0.340 e. The number of rotatable bonds is 3. The van der Waals surface area contributed by atoms with E-state index in [-0.39, 0.29) is 24.5 Å². The van der Waals surface area contributed by atoms with Crippen molar-refractivity contribution in [3.63, 3.8) is 0 Å². The van der Waals surface area contributed by atoms with Crippen molar-refractivity contribution in [2.24, 2.45) is 57.7 Å². The number of esters is 4. The van der Waals surface area contributed by atoms with Gasteiger partial charge < -0.3 is 39.0 Å². The van der Waals surface area contributed by atoms with Crippen LogP contribution in [0.15, 0.2) is 0 Å². The Kier molecular flexibility index (Phi) is 6.57. The Morgan fingerprint density at radius 3 is 2.04 bits per heavy atom. The standard InChI is InChI=1S/C35H47NO13/c1-11-18-21(33(7)34(8,44)30(43)49-35(33)27(11)36(35)9)24(42)19-17-20(26(45-12(2)37)29(32(18,19)6)47-14(4)39)31(5)15(22(40)23(17)41)10-16-25(48-16)28(31)46-13(3)38/h11,15-21,23-29,41-42,44H,10H2,1-9H3/t11-,15+,16-,17?,18-,19+,20?,21-,23+,24+,25-,26-,27+,28-,29-,31-,32+,33-,34+,35-,36?/m0/s1. The molecule has 49 heavy (non-hydrogen) atoms. The van der Waals surface area contributed by atoms with Crippen LogP contribution in [-0.4, -0.2) is 117 Å². The second kappa shape index (κ2) is 9.61. The normalized spacial score (nSPS) is 60.2. The molecule has 3 unspecified atom stereocenters. The van der Waals surface area contributed by atoms with Crippen LogP contribution in [0.4, 0.5) is 0 Å². The first-order chi connectivity index (χ1) is 22.7. The van der Waals surface area contributed by atoms with Crippen LogP contribution in [0.3, 0.4) is 0 Å². The van der Waals surface area contributed by atoms with Crippen molar-refractivity contribution in [2.45, 2.75) is 122 Å². The van der Waals surface area contributed by atoms with Crippen LogP contribution in [0.1, 0.15) is 61.8 Å². The number of epoxide rings is 1. The predicted molar refractivity (Wildman–Crippen MR) is 162 cm³/mol. The summed E-state index contributed by atoms with van der Waals surface area (Å²) in [6.07, 6.45) is -7.08. The summed E-state index contributed by atoms with van der Waals surface area (Å²) in [5, 5.41) is 37.1. The highest BCUT2D eigenvalue weighted by Gasteiger charge is 2.93. The highest BCUT2D eigenvalue weighted by Crippen LogP contribution is 2.81. The second-order valence-corrected chi connectivity index (χ2v) is 17.1. The zero-order valence-electron chi connectivity index (χ0n) is 29.2. The average molecular weight is 690 g/mol. The number of aliphatic hydroxyl groups excluding tert-OH is 2. The number of carbonyl (C=O) groups excluding carboxylic acids is 5. The van der Waals surface area contributed by atoms with Gasteiger partial charge in [0.25, 0.3) is 0 Å². The van der Waals surface area contributed by atoms with Gasteiger partial charge in [-0.1, -0.05) is 27.7 Å².